The van der Waals surface area contributed by atoms with Crippen LogP contribution in [0.5, 0.6) is 0 Å². The third-order valence-electron chi connectivity index (χ3n) is 4.15. The van der Waals surface area contributed by atoms with Crippen LogP contribution < -0.4 is 5.32 Å². The van der Waals surface area contributed by atoms with Crippen LogP contribution in [0.1, 0.15) is 22.4 Å². The van der Waals surface area contributed by atoms with E-state index in [-0.39, 0.29) is 11.9 Å². The van der Waals surface area contributed by atoms with E-state index in [1.165, 1.54) is 12.1 Å². The lowest BCUT2D eigenvalue weighted by Gasteiger charge is -2.17. The number of thiophene rings is 1. The summed E-state index contributed by atoms with van der Waals surface area (Å²) in [5.74, 6) is 1.000. The Morgan fingerprint density at radius 3 is 2.70 bits per heavy atom. The lowest BCUT2D eigenvalue weighted by molar-refractivity contribution is 0.463. The van der Waals surface area contributed by atoms with Gasteiger partial charge in [-0.1, -0.05) is 41.9 Å². The minimum absolute atomic E-state index is 0.0629. The molecule has 0 aliphatic carbocycles. The van der Waals surface area contributed by atoms with E-state index in [0.29, 0.717) is 23.2 Å². The highest BCUT2D eigenvalue weighted by molar-refractivity contribution is 7.10. The van der Waals surface area contributed by atoms with Crippen LogP contribution in [0.3, 0.4) is 0 Å². The highest BCUT2D eigenvalue weighted by atomic mass is 35.5. The predicted octanol–water partition coefficient (Wildman–Crippen LogP) is 6.07. The van der Waals surface area contributed by atoms with Crippen molar-refractivity contribution in [2.45, 2.75) is 12.6 Å². The van der Waals surface area contributed by atoms with Gasteiger partial charge in [0, 0.05) is 15.5 Å². The average molecular weight is 399 g/mol. The zero-order chi connectivity index (χ0) is 18.6. The van der Waals surface area contributed by atoms with Gasteiger partial charge in [-0.25, -0.2) is 9.37 Å². The Kier molecular flexibility index (Phi) is 5.34. The van der Waals surface area contributed by atoms with Crippen LogP contribution in [-0.4, -0.2) is 4.98 Å². The maximum Gasteiger partial charge on any atom is 0.208 e. The molecule has 0 saturated heterocycles. The summed E-state index contributed by atoms with van der Waals surface area (Å²) in [6.07, 6.45) is 1.70. The van der Waals surface area contributed by atoms with Crippen molar-refractivity contribution in [1.29, 1.82) is 0 Å². The van der Waals surface area contributed by atoms with Gasteiger partial charge < -0.3 is 4.42 Å². The van der Waals surface area contributed by atoms with E-state index < -0.39 is 0 Å². The van der Waals surface area contributed by atoms with E-state index in [1.807, 2.05) is 35.7 Å². The van der Waals surface area contributed by atoms with Gasteiger partial charge in [0.25, 0.3) is 0 Å². The zero-order valence-electron chi connectivity index (χ0n) is 14.2. The molecule has 2 heterocycles. The van der Waals surface area contributed by atoms with Crippen molar-refractivity contribution in [3.63, 3.8) is 0 Å². The number of halogens is 2. The fourth-order valence-corrected chi connectivity index (χ4v) is 3.87. The molecule has 2 aromatic carbocycles. The van der Waals surface area contributed by atoms with Crippen molar-refractivity contribution in [2.75, 3.05) is 0 Å². The number of hydrogen-bond donors (Lipinski definition) is 1. The van der Waals surface area contributed by atoms with E-state index >= 15 is 0 Å². The first kappa shape index (κ1) is 17.9. The molecular weight excluding hydrogens is 383 g/mol. The largest absolute Gasteiger partial charge is 0.439 e. The Balaban J connectivity index is 1.52. The van der Waals surface area contributed by atoms with Gasteiger partial charge in [0.05, 0.1) is 18.8 Å². The molecule has 0 aliphatic rings. The Bertz CT molecular complexity index is 1010. The molecule has 27 heavy (non-hydrogen) atoms. The Morgan fingerprint density at radius 2 is 1.96 bits per heavy atom. The molecule has 4 aromatic rings. The van der Waals surface area contributed by atoms with Crippen molar-refractivity contribution >= 4 is 22.9 Å². The van der Waals surface area contributed by atoms with Crippen molar-refractivity contribution in [3.05, 3.63) is 99.4 Å². The van der Waals surface area contributed by atoms with Crippen LogP contribution in [0, 0.1) is 5.82 Å². The summed E-state index contributed by atoms with van der Waals surface area (Å²) < 4.78 is 19.1. The third-order valence-corrected chi connectivity index (χ3v) is 5.32. The summed E-state index contributed by atoms with van der Waals surface area (Å²) in [6.45, 7) is 0.445. The third kappa shape index (κ3) is 4.27. The number of rotatable bonds is 6. The lowest BCUT2D eigenvalue weighted by Crippen LogP contribution is -2.21. The fourth-order valence-electron chi connectivity index (χ4n) is 2.85. The molecule has 1 atom stereocenters. The van der Waals surface area contributed by atoms with Crippen LogP contribution in [0.2, 0.25) is 5.02 Å². The zero-order valence-corrected chi connectivity index (χ0v) is 15.8. The summed E-state index contributed by atoms with van der Waals surface area (Å²) in [6, 6.07) is 18.0. The topological polar surface area (TPSA) is 38.1 Å². The van der Waals surface area contributed by atoms with Crippen LogP contribution in [0.15, 0.2) is 76.7 Å². The molecule has 0 radical (unpaired) electrons. The van der Waals surface area contributed by atoms with E-state index in [4.69, 9.17) is 16.0 Å². The molecule has 1 N–H and O–H groups in total. The number of benzene rings is 2. The van der Waals surface area contributed by atoms with E-state index in [2.05, 4.69) is 16.4 Å². The second-order valence-electron chi connectivity index (χ2n) is 6.01. The summed E-state index contributed by atoms with van der Waals surface area (Å²) in [4.78, 5) is 5.50. The van der Waals surface area contributed by atoms with Gasteiger partial charge >= 0.3 is 0 Å². The minimum atomic E-state index is -0.248. The standard InChI is InChI=1S/C21H16ClFN2OS/c22-16-4-1-3-15(11-16)18-12-24-20(26-18)13-25-21(19-5-2-10-27-19)14-6-8-17(23)9-7-14/h1-12,21,25H,13H2. The van der Waals surface area contributed by atoms with E-state index in [9.17, 15) is 4.39 Å². The molecule has 0 aliphatic heterocycles. The Morgan fingerprint density at radius 1 is 1.11 bits per heavy atom. The summed E-state index contributed by atoms with van der Waals surface area (Å²) in [5.41, 5.74) is 1.87. The molecule has 1 unspecified atom stereocenters. The molecule has 0 bridgehead atoms. The fraction of sp³-hybridized carbons (Fsp3) is 0.0952. The quantitative estimate of drug-likeness (QED) is 0.428. The first-order valence-corrected chi connectivity index (χ1v) is 9.68. The van der Waals surface area contributed by atoms with Crippen LogP contribution in [0.25, 0.3) is 11.3 Å². The number of nitrogens with one attached hydrogen (secondary N) is 1. The molecule has 0 amide bonds. The number of aromatic nitrogens is 1. The molecule has 0 spiro atoms. The minimum Gasteiger partial charge on any atom is -0.439 e. The van der Waals surface area contributed by atoms with Crippen molar-refractivity contribution in [1.82, 2.24) is 10.3 Å². The number of nitrogens with zero attached hydrogens (tertiary/aromatic N) is 1. The molecule has 0 fully saturated rings. The summed E-state index contributed by atoms with van der Waals surface area (Å²) in [5, 5.41) is 6.13. The maximum absolute atomic E-state index is 13.3. The monoisotopic (exact) mass is 398 g/mol. The first-order valence-electron chi connectivity index (χ1n) is 8.42. The normalized spacial score (nSPS) is 12.2. The van der Waals surface area contributed by atoms with E-state index in [1.54, 1.807) is 29.7 Å². The van der Waals surface area contributed by atoms with Crippen molar-refractivity contribution < 1.29 is 8.81 Å². The van der Waals surface area contributed by atoms with Crippen LogP contribution in [0.4, 0.5) is 4.39 Å². The number of oxazole rings is 1. The van der Waals surface area contributed by atoms with Gasteiger partial charge in [-0.15, -0.1) is 11.3 Å². The molecule has 2 aromatic heterocycles. The van der Waals surface area contributed by atoms with Crippen LogP contribution >= 0.6 is 22.9 Å². The van der Waals surface area contributed by atoms with Gasteiger partial charge in [0.1, 0.15) is 5.82 Å². The van der Waals surface area contributed by atoms with Gasteiger partial charge in [0.15, 0.2) is 5.76 Å². The van der Waals surface area contributed by atoms with Crippen LogP contribution in [-0.2, 0) is 6.54 Å². The van der Waals surface area contributed by atoms with E-state index in [0.717, 1.165) is 16.0 Å². The predicted molar refractivity (Wildman–Crippen MR) is 106 cm³/mol. The highest BCUT2D eigenvalue weighted by Crippen LogP contribution is 2.27. The maximum atomic E-state index is 13.3. The second kappa shape index (κ2) is 8.05. The molecule has 136 valence electrons. The number of hydrogen-bond acceptors (Lipinski definition) is 4. The molecule has 3 nitrogen and oxygen atoms in total. The second-order valence-corrected chi connectivity index (χ2v) is 7.43. The first-order chi connectivity index (χ1) is 13.2. The summed E-state index contributed by atoms with van der Waals surface area (Å²) in [7, 11) is 0. The highest BCUT2D eigenvalue weighted by Gasteiger charge is 2.16. The smallest absolute Gasteiger partial charge is 0.208 e. The molecular formula is C21H16ClFN2OS. The Labute approximate surface area is 165 Å². The van der Waals surface area contributed by atoms with Gasteiger partial charge in [-0.2, -0.15) is 0 Å². The SMILES string of the molecule is Fc1ccc(C(NCc2ncc(-c3cccc(Cl)c3)o2)c2cccs2)cc1. The summed E-state index contributed by atoms with van der Waals surface area (Å²) >= 11 is 7.69. The van der Waals surface area contributed by atoms with Gasteiger partial charge in [-0.05, 0) is 41.3 Å². The average Bonchev–Trinajstić information content (AvgIpc) is 3.36. The van der Waals surface area contributed by atoms with Crippen molar-refractivity contribution in [3.8, 4) is 11.3 Å². The molecule has 6 heteroatoms. The molecule has 4 rings (SSSR count). The van der Waals surface area contributed by atoms with Gasteiger partial charge in [0.2, 0.25) is 5.89 Å². The molecule has 0 saturated carbocycles. The lowest BCUT2D eigenvalue weighted by atomic mass is 10.1. The van der Waals surface area contributed by atoms with Crippen molar-refractivity contribution in [2.24, 2.45) is 0 Å². The Hall–Kier alpha value is -2.47. The van der Waals surface area contributed by atoms with Gasteiger partial charge in [-0.3, -0.25) is 5.32 Å².